The van der Waals surface area contributed by atoms with Crippen molar-refractivity contribution in [3.05, 3.63) is 68.8 Å². The van der Waals surface area contributed by atoms with E-state index in [9.17, 15) is 9.59 Å². The van der Waals surface area contributed by atoms with Gasteiger partial charge in [-0.2, -0.15) is 5.10 Å². The van der Waals surface area contributed by atoms with E-state index >= 15 is 0 Å². The van der Waals surface area contributed by atoms with Crippen LogP contribution in [0.2, 0.25) is 10.0 Å². The number of pyridine rings is 1. The molecule has 0 aliphatic carbocycles. The van der Waals surface area contributed by atoms with Crippen molar-refractivity contribution >= 4 is 45.7 Å². The van der Waals surface area contributed by atoms with Gasteiger partial charge in [-0.15, -0.1) is 0 Å². The van der Waals surface area contributed by atoms with Gasteiger partial charge in [-0.1, -0.05) is 23.2 Å². The molecule has 4 aromatic rings. The van der Waals surface area contributed by atoms with E-state index in [1.54, 1.807) is 30.5 Å². The number of rotatable bonds is 2. The van der Waals surface area contributed by atoms with Gasteiger partial charge < -0.3 is 4.74 Å². The largest absolute Gasteiger partial charge is 0.465 e. The van der Waals surface area contributed by atoms with Crippen molar-refractivity contribution in [2.24, 2.45) is 0 Å². The maximum atomic E-state index is 12.9. The van der Waals surface area contributed by atoms with Gasteiger partial charge in [-0.05, 0) is 24.3 Å². The summed E-state index contributed by atoms with van der Waals surface area (Å²) in [5, 5.41) is 5.30. The van der Waals surface area contributed by atoms with Crippen LogP contribution in [0.4, 0.5) is 0 Å². The van der Waals surface area contributed by atoms with Crippen LogP contribution >= 0.6 is 23.2 Å². The van der Waals surface area contributed by atoms with E-state index < -0.39 is 5.97 Å². The van der Waals surface area contributed by atoms with Crippen LogP contribution in [0.25, 0.3) is 22.2 Å². The minimum Gasteiger partial charge on any atom is -0.465 e. The fourth-order valence-electron chi connectivity index (χ4n) is 2.74. The zero-order chi connectivity index (χ0) is 18.4. The molecule has 0 atom stereocenters. The zero-order valence-corrected chi connectivity index (χ0v) is 14.8. The van der Waals surface area contributed by atoms with Crippen molar-refractivity contribution in [3.63, 3.8) is 0 Å². The number of esters is 1. The Morgan fingerprint density at radius 3 is 2.73 bits per heavy atom. The second-order valence-electron chi connectivity index (χ2n) is 5.43. The molecule has 0 amide bonds. The molecule has 0 aliphatic rings. The minimum atomic E-state index is -0.548. The number of carbonyl (C=O) groups excluding carboxylic acids is 1. The molecule has 0 aliphatic heterocycles. The molecule has 3 aromatic heterocycles. The summed E-state index contributed by atoms with van der Waals surface area (Å²) in [5.74, 6) is -0.548. The molecule has 26 heavy (non-hydrogen) atoms. The van der Waals surface area contributed by atoms with E-state index in [0.29, 0.717) is 32.3 Å². The average molecular weight is 389 g/mol. The zero-order valence-electron chi connectivity index (χ0n) is 13.3. The highest BCUT2D eigenvalue weighted by Crippen LogP contribution is 2.24. The Balaban J connectivity index is 1.98. The molecule has 0 saturated carbocycles. The monoisotopic (exact) mass is 388 g/mol. The van der Waals surface area contributed by atoms with Gasteiger partial charge in [-0.25, -0.2) is 14.3 Å². The maximum absolute atomic E-state index is 12.9. The van der Waals surface area contributed by atoms with Crippen LogP contribution in [-0.4, -0.2) is 32.2 Å². The smallest absolute Gasteiger partial charge is 0.343 e. The lowest BCUT2D eigenvalue weighted by Crippen LogP contribution is -2.19. The first kappa shape index (κ1) is 16.6. The fraction of sp³-hybridized carbons (Fsp3) is 0.0588. The van der Waals surface area contributed by atoms with E-state index in [1.165, 1.54) is 28.6 Å². The Hall–Kier alpha value is -2.90. The Bertz CT molecular complexity index is 1250. The quantitative estimate of drug-likeness (QED) is 0.493. The van der Waals surface area contributed by atoms with E-state index in [4.69, 9.17) is 27.9 Å². The van der Waals surface area contributed by atoms with Crippen molar-refractivity contribution < 1.29 is 9.53 Å². The third kappa shape index (κ3) is 2.44. The van der Waals surface area contributed by atoms with Gasteiger partial charge in [0.15, 0.2) is 5.65 Å². The Morgan fingerprint density at radius 2 is 2.00 bits per heavy atom. The summed E-state index contributed by atoms with van der Waals surface area (Å²) < 4.78 is 7.54. The molecule has 4 rings (SSSR count). The Labute approximate surface area is 156 Å². The third-order valence-electron chi connectivity index (χ3n) is 3.97. The Morgan fingerprint density at radius 1 is 1.19 bits per heavy atom. The highest BCUT2D eigenvalue weighted by Gasteiger charge is 2.17. The highest BCUT2D eigenvalue weighted by atomic mass is 35.5. The molecule has 0 bridgehead atoms. The second-order valence-corrected chi connectivity index (χ2v) is 6.27. The van der Waals surface area contributed by atoms with Crippen LogP contribution in [0.15, 0.2) is 47.7 Å². The molecular formula is C17H10Cl2N4O3. The van der Waals surface area contributed by atoms with Crippen molar-refractivity contribution in [1.29, 1.82) is 0 Å². The number of benzene rings is 1. The predicted octanol–water partition coefficient (Wildman–Crippen LogP) is 3.13. The molecule has 0 N–H and O–H groups in total. The molecule has 0 unspecified atom stereocenters. The number of hydrogen-bond acceptors (Lipinski definition) is 5. The third-order valence-corrected chi connectivity index (χ3v) is 4.51. The van der Waals surface area contributed by atoms with Crippen LogP contribution in [0.1, 0.15) is 10.4 Å². The summed E-state index contributed by atoms with van der Waals surface area (Å²) in [4.78, 5) is 28.9. The van der Waals surface area contributed by atoms with Crippen LogP contribution < -0.4 is 5.56 Å². The van der Waals surface area contributed by atoms with Gasteiger partial charge in [0.1, 0.15) is 5.56 Å². The number of nitrogens with zero attached hydrogens (tertiary/aromatic N) is 4. The van der Waals surface area contributed by atoms with Crippen LogP contribution in [-0.2, 0) is 4.74 Å². The molecule has 1 aromatic carbocycles. The molecule has 3 heterocycles. The molecule has 7 nitrogen and oxygen atoms in total. The topological polar surface area (TPSA) is 78.5 Å². The SMILES string of the molecule is COC(=O)c1cnn2c1ncc1c(=O)n(-c3ccc(Cl)cc3Cl)ccc12. The molecule has 130 valence electrons. The van der Waals surface area contributed by atoms with Crippen LogP contribution in [0.5, 0.6) is 0 Å². The summed E-state index contributed by atoms with van der Waals surface area (Å²) in [6.07, 6.45) is 4.34. The molecular weight excluding hydrogens is 379 g/mol. The lowest BCUT2D eigenvalue weighted by atomic mass is 10.2. The summed E-state index contributed by atoms with van der Waals surface area (Å²) in [7, 11) is 1.28. The van der Waals surface area contributed by atoms with E-state index in [2.05, 4.69) is 10.1 Å². The van der Waals surface area contributed by atoms with Gasteiger partial charge in [0, 0.05) is 17.4 Å². The van der Waals surface area contributed by atoms with Crippen molar-refractivity contribution in [2.45, 2.75) is 0 Å². The highest BCUT2D eigenvalue weighted by molar-refractivity contribution is 6.35. The summed E-state index contributed by atoms with van der Waals surface area (Å²) in [6, 6.07) is 6.57. The lowest BCUT2D eigenvalue weighted by molar-refractivity contribution is 0.0602. The maximum Gasteiger partial charge on any atom is 0.343 e. The summed E-state index contributed by atoms with van der Waals surface area (Å²) in [5.41, 5.74) is 1.22. The van der Waals surface area contributed by atoms with Gasteiger partial charge in [0.05, 0.1) is 34.9 Å². The number of fused-ring (bicyclic) bond motifs is 3. The first-order valence-corrected chi connectivity index (χ1v) is 8.18. The number of ether oxygens (including phenoxy) is 1. The number of aromatic nitrogens is 4. The second kappa shape index (κ2) is 6.12. The number of halogens is 2. The van der Waals surface area contributed by atoms with Gasteiger partial charge in [0.25, 0.3) is 5.56 Å². The summed E-state index contributed by atoms with van der Waals surface area (Å²) >= 11 is 12.1. The van der Waals surface area contributed by atoms with Crippen LogP contribution in [0, 0.1) is 0 Å². The Kier molecular flexibility index (Phi) is 3.90. The van der Waals surface area contributed by atoms with Crippen LogP contribution in [0.3, 0.4) is 0 Å². The number of carbonyl (C=O) groups is 1. The first-order valence-electron chi connectivity index (χ1n) is 7.43. The van der Waals surface area contributed by atoms with Crippen molar-refractivity contribution in [1.82, 2.24) is 19.2 Å². The average Bonchev–Trinajstić information content (AvgIpc) is 3.06. The number of hydrogen-bond donors (Lipinski definition) is 0. The summed E-state index contributed by atoms with van der Waals surface area (Å²) in [6.45, 7) is 0. The van der Waals surface area contributed by atoms with Crippen molar-refractivity contribution in [2.75, 3.05) is 7.11 Å². The lowest BCUT2D eigenvalue weighted by Gasteiger charge is -2.10. The molecule has 0 radical (unpaired) electrons. The minimum absolute atomic E-state index is 0.222. The van der Waals surface area contributed by atoms with Crippen molar-refractivity contribution in [3.8, 4) is 5.69 Å². The predicted molar refractivity (Wildman–Crippen MR) is 97.4 cm³/mol. The van der Waals surface area contributed by atoms with E-state index in [-0.39, 0.29) is 11.1 Å². The van der Waals surface area contributed by atoms with E-state index in [0.717, 1.165) is 0 Å². The van der Waals surface area contributed by atoms with Gasteiger partial charge in [-0.3, -0.25) is 9.36 Å². The van der Waals surface area contributed by atoms with Gasteiger partial charge >= 0.3 is 5.97 Å². The first-order chi connectivity index (χ1) is 12.5. The number of methoxy groups -OCH3 is 1. The normalized spacial score (nSPS) is 11.2. The fourth-order valence-corrected chi connectivity index (χ4v) is 3.24. The standard InChI is InChI=1S/C17H10Cl2N4O3/c1-26-17(25)11-8-21-23-13-4-5-22(14-3-2-9(18)6-12(14)19)16(24)10(13)7-20-15(11)23/h2-8H,1H3. The molecule has 9 heteroatoms. The molecule has 0 saturated heterocycles. The molecule has 0 fully saturated rings. The van der Waals surface area contributed by atoms with E-state index in [1.807, 2.05) is 0 Å². The molecule has 0 spiro atoms. The van der Waals surface area contributed by atoms with Gasteiger partial charge in [0.2, 0.25) is 0 Å².